The molecule has 1 aliphatic heterocycles. The quantitative estimate of drug-likeness (QED) is 0.730. The molecule has 0 atom stereocenters. The van der Waals surface area contributed by atoms with Crippen molar-refractivity contribution in [3.05, 3.63) is 34.3 Å². The maximum Gasteiger partial charge on any atom is 0.191 e. The van der Waals surface area contributed by atoms with Crippen LogP contribution in [0.15, 0.2) is 18.5 Å². The van der Waals surface area contributed by atoms with Gasteiger partial charge in [0.25, 0.3) is 0 Å². The van der Waals surface area contributed by atoms with E-state index in [1.165, 1.54) is 13.4 Å². The molecule has 1 saturated heterocycles. The van der Waals surface area contributed by atoms with Gasteiger partial charge in [0.05, 0.1) is 13.7 Å². The summed E-state index contributed by atoms with van der Waals surface area (Å²) >= 11 is 1.59. The van der Waals surface area contributed by atoms with Gasteiger partial charge in [-0.25, -0.2) is 14.4 Å². The summed E-state index contributed by atoms with van der Waals surface area (Å²) in [6, 6.07) is 3.31. The van der Waals surface area contributed by atoms with E-state index in [0.29, 0.717) is 23.7 Å². The predicted molar refractivity (Wildman–Crippen MR) is 88.9 cm³/mol. The van der Waals surface area contributed by atoms with Gasteiger partial charge in [0.1, 0.15) is 27.7 Å². The lowest BCUT2D eigenvalue weighted by Gasteiger charge is -2.23. The topological polar surface area (TPSA) is 84.9 Å². The zero-order valence-corrected chi connectivity index (χ0v) is 13.7. The minimum absolute atomic E-state index is 0.162. The second kappa shape index (κ2) is 6.25. The Balaban J connectivity index is 1.56. The van der Waals surface area contributed by atoms with Gasteiger partial charge in [-0.05, 0) is 12.1 Å². The van der Waals surface area contributed by atoms with Gasteiger partial charge in [0.2, 0.25) is 0 Å². The normalized spacial score (nSPS) is 14.6. The van der Waals surface area contributed by atoms with Gasteiger partial charge in [0.15, 0.2) is 11.6 Å². The van der Waals surface area contributed by atoms with Crippen LogP contribution >= 0.6 is 11.3 Å². The Labute approximate surface area is 141 Å². The Morgan fingerprint density at radius 2 is 2.21 bits per heavy atom. The van der Waals surface area contributed by atoms with Crippen molar-refractivity contribution in [2.45, 2.75) is 12.5 Å². The standard InChI is InChI=1S/C15H15FN6OS/c1-23-10-3-2-9-13(12(10)16)19-7-20-14(9)18-6-11-21-22-15(24-11)8-4-17-5-8/h2-3,7-8,17H,4-6H2,1H3,(H,18,19,20). The molecule has 9 heteroatoms. The maximum atomic E-state index is 14.3. The molecule has 124 valence electrons. The molecule has 1 aliphatic rings. The van der Waals surface area contributed by atoms with Crippen LogP contribution in [0.2, 0.25) is 0 Å². The smallest absolute Gasteiger partial charge is 0.191 e. The van der Waals surface area contributed by atoms with Crippen molar-refractivity contribution < 1.29 is 9.13 Å². The molecule has 0 bridgehead atoms. The van der Waals surface area contributed by atoms with E-state index < -0.39 is 5.82 Å². The van der Waals surface area contributed by atoms with Crippen molar-refractivity contribution in [1.29, 1.82) is 0 Å². The molecule has 4 rings (SSSR count). The number of hydrogen-bond donors (Lipinski definition) is 2. The lowest BCUT2D eigenvalue weighted by molar-refractivity contribution is 0.388. The number of aromatic nitrogens is 4. The molecule has 7 nitrogen and oxygen atoms in total. The van der Waals surface area contributed by atoms with Crippen LogP contribution in [0.1, 0.15) is 15.9 Å². The number of ether oxygens (including phenoxy) is 1. The molecule has 0 unspecified atom stereocenters. The zero-order valence-electron chi connectivity index (χ0n) is 12.9. The maximum absolute atomic E-state index is 14.3. The average Bonchev–Trinajstić information content (AvgIpc) is 3.00. The minimum Gasteiger partial charge on any atom is -0.494 e. The molecule has 2 N–H and O–H groups in total. The van der Waals surface area contributed by atoms with E-state index in [2.05, 4.69) is 30.8 Å². The summed E-state index contributed by atoms with van der Waals surface area (Å²) < 4.78 is 19.3. The molecule has 1 fully saturated rings. The van der Waals surface area contributed by atoms with Crippen LogP contribution in [0.3, 0.4) is 0 Å². The van der Waals surface area contributed by atoms with Crippen molar-refractivity contribution in [2.24, 2.45) is 0 Å². The third-order valence-electron chi connectivity index (χ3n) is 3.95. The zero-order chi connectivity index (χ0) is 16.5. The van der Waals surface area contributed by atoms with E-state index in [1.54, 1.807) is 23.5 Å². The fraction of sp³-hybridized carbons (Fsp3) is 0.333. The van der Waals surface area contributed by atoms with Gasteiger partial charge in [-0.2, -0.15) is 0 Å². The van der Waals surface area contributed by atoms with Crippen LogP contribution < -0.4 is 15.4 Å². The first kappa shape index (κ1) is 15.2. The summed E-state index contributed by atoms with van der Waals surface area (Å²) in [7, 11) is 1.43. The number of fused-ring (bicyclic) bond motifs is 1. The number of methoxy groups -OCH3 is 1. The Kier molecular flexibility index (Phi) is 3.95. The van der Waals surface area contributed by atoms with E-state index in [4.69, 9.17) is 4.74 Å². The molecule has 1 aromatic carbocycles. The first-order chi connectivity index (χ1) is 11.8. The largest absolute Gasteiger partial charge is 0.494 e. The fourth-order valence-corrected chi connectivity index (χ4v) is 3.38. The highest BCUT2D eigenvalue weighted by Gasteiger charge is 2.23. The molecular formula is C15H15FN6OS. The highest BCUT2D eigenvalue weighted by atomic mass is 32.1. The van der Waals surface area contributed by atoms with Gasteiger partial charge in [0, 0.05) is 24.4 Å². The van der Waals surface area contributed by atoms with Gasteiger partial charge in [-0.3, -0.25) is 0 Å². The first-order valence-corrected chi connectivity index (χ1v) is 8.32. The van der Waals surface area contributed by atoms with Crippen LogP contribution in [0, 0.1) is 5.82 Å². The lowest BCUT2D eigenvalue weighted by Crippen LogP contribution is -2.39. The molecule has 3 aromatic rings. The Morgan fingerprint density at radius 1 is 1.33 bits per heavy atom. The van der Waals surface area contributed by atoms with Crippen LogP contribution in [0.25, 0.3) is 10.9 Å². The molecule has 0 saturated carbocycles. The number of rotatable bonds is 5. The Morgan fingerprint density at radius 3 is 2.96 bits per heavy atom. The van der Waals surface area contributed by atoms with Crippen molar-refractivity contribution >= 4 is 28.1 Å². The molecule has 3 heterocycles. The monoisotopic (exact) mass is 346 g/mol. The average molecular weight is 346 g/mol. The second-order valence-corrected chi connectivity index (χ2v) is 6.54. The number of benzene rings is 1. The summed E-state index contributed by atoms with van der Waals surface area (Å²) in [5, 5.41) is 17.4. The number of anilines is 1. The summed E-state index contributed by atoms with van der Waals surface area (Å²) in [6.45, 7) is 2.40. The molecule has 24 heavy (non-hydrogen) atoms. The number of halogens is 1. The third-order valence-corrected chi connectivity index (χ3v) is 5.04. The Hall–Kier alpha value is -2.39. The number of nitrogens with zero attached hydrogens (tertiary/aromatic N) is 4. The van der Waals surface area contributed by atoms with E-state index in [1.807, 2.05) is 0 Å². The van der Waals surface area contributed by atoms with E-state index >= 15 is 0 Å². The van der Waals surface area contributed by atoms with Crippen molar-refractivity contribution in [1.82, 2.24) is 25.5 Å². The predicted octanol–water partition coefficient (Wildman–Crippen LogP) is 1.93. The molecule has 2 aromatic heterocycles. The van der Waals surface area contributed by atoms with Gasteiger partial charge >= 0.3 is 0 Å². The van der Waals surface area contributed by atoms with Crippen molar-refractivity contribution in [3.63, 3.8) is 0 Å². The number of hydrogen-bond acceptors (Lipinski definition) is 8. The molecule has 0 spiro atoms. The van der Waals surface area contributed by atoms with E-state index in [-0.39, 0.29) is 11.3 Å². The molecule has 0 radical (unpaired) electrons. The van der Waals surface area contributed by atoms with Crippen molar-refractivity contribution in [3.8, 4) is 5.75 Å². The fourth-order valence-electron chi connectivity index (χ4n) is 2.50. The summed E-state index contributed by atoms with van der Waals surface area (Å²) in [5.74, 6) is 0.701. The van der Waals surface area contributed by atoms with Crippen LogP contribution in [-0.2, 0) is 6.54 Å². The van der Waals surface area contributed by atoms with Crippen LogP contribution in [0.4, 0.5) is 10.2 Å². The summed E-state index contributed by atoms with van der Waals surface area (Å²) in [4.78, 5) is 8.22. The van der Waals surface area contributed by atoms with E-state index in [9.17, 15) is 4.39 Å². The molecular weight excluding hydrogens is 331 g/mol. The third kappa shape index (κ3) is 2.65. The highest BCUT2D eigenvalue weighted by Crippen LogP contribution is 2.28. The summed E-state index contributed by atoms with van der Waals surface area (Å²) in [6.07, 6.45) is 1.33. The van der Waals surface area contributed by atoms with Gasteiger partial charge in [-0.15, -0.1) is 10.2 Å². The first-order valence-electron chi connectivity index (χ1n) is 7.50. The lowest BCUT2D eigenvalue weighted by atomic mass is 10.1. The van der Waals surface area contributed by atoms with Crippen LogP contribution in [-0.4, -0.2) is 40.4 Å². The number of nitrogens with one attached hydrogen (secondary N) is 2. The van der Waals surface area contributed by atoms with Crippen LogP contribution in [0.5, 0.6) is 5.75 Å². The van der Waals surface area contributed by atoms with Gasteiger partial charge in [-0.1, -0.05) is 11.3 Å². The van der Waals surface area contributed by atoms with E-state index in [0.717, 1.165) is 23.1 Å². The molecule has 0 amide bonds. The minimum atomic E-state index is -0.490. The second-order valence-electron chi connectivity index (χ2n) is 5.44. The van der Waals surface area contributed by atoms with Crippen molar-refractivity contribution in [2.75, 3.05) is 25.5 Å². The highest BCUT2D eigenvalue weighted by molar-refractivity contribution is 7.11. The SMILES string of the molecule is COc1ccc2c(NCc3nnc(C4CNC4)s3)ncnc2c1F. The Bertz CT molecular complexity index is 882. The summed E-state index contributed by atoms with van der Waals surface area (Å²) in [5.41, 5.74) is 0.227. The van der Waals surface area contributed by atoms with Gasteiger partial charge < -0.3 is 15.4 Å². The molecule has 0 aliphatic carbocycles.